The van der Waals surface area contributed by atoms with E-state index in [0.717, 1.165) is 25.0 Å². The number of nitrogens with zero attached hydrogens (tertiary/aromatic N) is 1. The molecule has 1 aliphatic carbocycles. The average Bonchev–Trinajstić information content (AvgIpc) is 3.66. The van der Waals surface area contributed by atoms with Crippen LogP contribution in [0.2, 0.25) is 0 Å². The highest BCUT2D eigenvalue weighted by molar-refractivity contribution is 7.12. The monoisotopic (exact) mass is 580 g/mol. The van der Waals surface area contributed by atoms with E-state index in [-0.39, 0.29) is 30.0 Å². The summed E-state index contributed by atoms with van der Waals surface area (Å²) in [5.41, 5.74) is -2.41. The van der Waals surface area contributed by atoms with E-state index >= 15 is 0 Å². The van der Waals surface area contributed by atoms with E-state index in [1.54, 1.807) is 24.3 Å². The van der Waals surface area contributed by atoms with E-state index < -0.39 is 35.9 Å². The molecule has 4 rings (SSSR count). The van der Waals surface area contributed by atoms with E-state index in [9.17, 15) is 23.5 Å². The fraction of sp³-hybridized carbons (Fsp3) is 0.407. The number of hydrogen-bond donors (Lipinski definition) is 3. The minimum atomic E-state index is -1.83. The number of aliphatic hydroxyl groups excluding tert-OH is 1. The fourth-order valence-electron chi connectivity index (χ4n) is 4.55. The lowest BCUT2D eigenvalue weighted by molar-refractivity contribution is -0.169. The van der Waals surface area contributed by atoms with Crippen molar-refractivity contribution in [1.29, 1.82) is 0 Å². The lowest BCUT2D eigenvalue weighted by Crippen LogP contribution is -2.42. The number of ether oxygens (including phenoxy) is 2. The average molecular weight is 581 g/mol. The van der Waals surface area contributed by atoms with E-state index in [0.29, 0.717) is 29.1 Å². The molecule has 3 aromatic rings. The van der Waals surface area contributed by atoms with Gasteiger partial charge in [0, 0.05) is 24.2 Å². The quantitative estimate of drug-likeness (QED) is 0.294. The zero-order valence-corrected chi connectivity index (χ0v) is 22.9. The van der Waals surface area contributed by atoms with Gasteiger partial charge in [-0.05, 0) is 61.7 Å². The Hall–Kier alpha value is -2.90. The number of esters is 1. The Labute approximate surface area is 232 Å². The number of benzene rings is 1. The van der Waals surface area contributed by atoms with Gasteiger partial charge in [0.2, 0.25) is 5.60 Å². The summed E-state index contributed by atoms with van der Waals surface area (Å²) < 4.78 is 38.7. The smallest absolute Gasteiger partial charge is 0.411 e. The molecule has 0 saturated heterocycles. The van der Waals surface area contributed by atoms with Crippen LogP contribution in [0.3, 0.4) is 0 Å². The normalized spacial score (nSPS) is 17.7. The van der Waals surface area contributed by atoms with Gasteiger partial charge in [0.05, 0.1) is 22.0 Å². The number of amides is 1. The summed E-state index contributed by atoms with van der Waals surface area (Å²) in [6.45, 7) is -0.208. The predicted octanol–water partition coefficient (Wildman–Crippen LogP) is 4.85. The van der Waals surface area contributed by atoms with Crippen LogP contribution < -0.4 is 5.32 Å². The first-order valence-corrected chi connectivity index (χ1v) is 14.2. The van der Waals surface area contributed by atoms with Gasteiger partial charge in [-0.2, -0.15) is 0 Å². The highest BCUT2D eigenvalue weighted by atomic mass is 32.1. The molecule has 0 bridgehead atoms. The molecule has 1 aromatic carbocycles. The third-order valence-electron chi connectivity index (χ3n) is 6.81. The first kappa shape index (κ1) is 29.1. The Bertz CT molecular complexity index is 1210. The number of rotatable bonds is 10. The molecular formula is C27H30F2N2O6S2. The molecule has 39 heavy (non-hydrogen) atoms. The number of carbonyl (C=O) groups is 2. The highest BCUT2D eigenvalue weighted by Crippen LogP contribution is 2.38. The molecule has 2 heterocycles. The summed E-state index contributed by atoms with van der Waals surface area (Å²) in [6.07, 6.45) is 1.52. The Morgan fingerprint density at radius 1 is 1.08 bits per heavy atom. The summed E-state index contributed by atoms with van der Waals surface area (Å²) >= 11 is 2.60. The van der Waals surface area contributed by atoms with E-state index in [1.165, 1.54) is 22.7 Å². The van der Waals surface area contributed by atoms with Gasteiger partial charge in [0.1, 0.15) is 24.3 Å². The number of halogens is 2. The molecule has 1 saturated carbocycles. The lowest BCUT2D eigenvalue weighted by atomic mass is 9.91. The number of likely N-dealkylation sites (N-methyl/N-ethyl adjacent to an activating group) is 1. The van der Waals surface area contributed by atoms with Crippen LogP contribution in [0.1, 0.15) is 41.0 Å². The van der Waals surface area contributed by atoms with Gasteiger partial charge < -0.3 is 24.6 Å². The van der Waals surface area contributed by atoms with Crippen molar-refractivity contribution in [2.24, 2.45) is 0 Å². The van der Waals surface area contributed by atoms with Crippen molar-refractivity contribution in [3.8, 4) is 0 Å². The molecule has 0 radical (unpaired) electrons. The van der Waals surface area contributed by atoms with Crippen molar-refractivity contribution >= 4 is 40.4 Å². The zero-order valence-electron chi connectivity index (χ0n) is 21.3. The van der Waals surface area contributed by atoms with Crippen molar-refractivity contribution in [3.63, 3.8) is 0 Å². The summed E-state index contributed by atoms with van der Waals surface area (Å²) in [6, 6.07) is 8.81. The first-order chi connectivity index (χ1) is 18.7. The van der Waals surface area contributed by atoms with Gasteiger partial charge in [-0.15, -0.1) is 22.7 Å². The fourth-order valence-corrected chi connectivity index (χ4v) is 6.26. The molecule has 0 atom stereocenters. The lowest BCUT2D eigenvalue weighted by Gasteiger charge is -2.35. The number of anilines is 1. The summed E-state index contributed by atoms with van der Waals surface area (Å²) in [5, 5.41) is 26.2. The Morgan fingerprint density at radius 2 is 1.72 bits per heavy atom. The van der Waals surface area contributed by atoms with E-state index in [4.69, 9.17) is 14.6 Å². The second-order valence-electron chi connectivity index (χ2n) is 9.32. The van der Waals surface area contributed by atoms with Crippen LogP contribution in [0.15, 0.2) is 47.2 Å². The van der Waals surface area contributed by atoms with Crippen LogP contribution in [0.25, 0.3) is 0 Å². The third kappa shape index (κ3) is 6.82. The molecule has 0 aliphatic heterocycles. The maximum Gasteiger partial charge on any atom is 0.411 e. The molecule has 0 spiro atoms. The molecule has 8 nitrogen and oxygen atoms in total. The molecule has 2 aromatic heterocycles. The van der Waals surface area contributed by atoms with Gasteiger partial charge in [0.15, 0.2) is 0 Å². The Morgan fingerprint density at radius 3 is 2.28 bits per heavy atom. The highest BCUT2D eigenvalue weighted by Gasteiger charge is 2.45. The molecular weight excluding hydrogens is 550 g/mol. The maximum absolute atomic E-state index is 14.0. The summed E-state index contributed by atoms with van der Waals surface area (Å²) in [4.78, 5) is 28.3. The first-order valence-electron chi connectivity index (χ1n) is 12.5. The Balaban J connectivity index is 1.22. The van der Waals surface area contributed by atoms with Gasteiger partial charge in [-0.25, -0.2) is 18.4 Å². The van der Waals surface area contributed by atoms with Crippen molar-refractivity contribution < 1.29 is 38.1 Å². The topological polar surface area (TPSA) is 108 Å². The van der Waals surface area contributed by atoms with Crippen molar-refractivity contribution in [1.82, 2.24) is 4.90 Å². The van der Waals surface area contributed by atoms with E-state index in [2.05, 4.69) is 5.32 Å². The van der Waals surface area contributed by atoms with Crippen molar-refractivity contribution in [2.45, 2.75) is 50.0 Å². The second kappa shape index (κ2) is 13.0. The molecule has 1 fully saturated rings. The van der Waals surface area contributed by atoms with Crippen molar-refractivity contribution in [2.75, 3.05) is 25.5 Å². The summed E-state index contributed by atoms with van der Waals surface area (Å²) in [7, 11) is 1.90. The number of aliphatic hydroxyl groups is 2. The van der Waals surface area contributed by atoms with Crippen LogP contribution in [0.4, 0.5) is 19.3 Å². The minimum Gasteiger partial charge on any atom is -0.460 e. The van der Waals surface area contributed by atoms with Gasteiger partial charge >= 0.3 is 12.1 Å². The number of nitrogens with one attached hydrogen (secondary N) is 1. The molecule has 210 valence electrons. The number of thiophene rings is 2. The molecule has 1 aliphatic rings. The third-order valence-corrected chi connectivity index (χ3v) is 8.77. The zero-order chi connectivity index (χ0) is 28.0. The number of hydrogen-bond acceptors (Lipinski definition) is 9. The second-order valence-corrected chi connectivity index (χ2v) is 11.2. The van der Waals surface area contributed by atoms with Crippen LogP contribution in [0.5, 0.6) is 0 Å². The minimum absolute atomic E-state index is 0.0325. The summed E-state index contributed by atoms with van der Waals surface area (Å²) in [5.74, 6) is -2.39. The van der Waals surface area contributed by atoms with Gasteiger partial charge in [-0.1, -0.05) is 12.1 Å². The van der Waals surface area contributed by atoms with Crippen LogP contribution in [-0.2, 0) is 26.5 Å². The van der Waals surface area contributed by atoms with Crippen LogP contribution in [0, 0.1) is 11.6 Å². The van der Waals surface area contributed by atoms with Crippen molar-refractivity contribution in [3.05, 3.63) is 74.1 Å². The number of carbonyl (C=O) groups excluding carboxylic acids is 2. The molecule has 1 amide bonds. The SMILES string of the molecule is CN(CCOC(=O)Nc1cc(F)c(CO)cc1F)[C@H]1CC[C@H](OC(=O)C(O)(c2cccs2)c2cccs2)CC1. The molecule has 0 unspecified atom stereocenters. The largest absolute Gasteiger partial charge is 0.460 e. The standard InChI is InChI=1S/C27H30F2N2O6S2/c1-31(10-11-36-26(34)30-22-15-20(28)17(16-32)14-21(22)29)18-6-8-19(9-7-18)37-25(33)27(35,23-4-2-12-38-23)24-5-3-13-39-24/h2-5,12-15,18-19,32,35H,6-11,16H2,1H3,(H,30,34)/t18-,19-. The van der Waals surface area contributed by atoms with E-state index in [1.807, 2.05) is 22.7 Å². The Kier molecular flexibility index (Phi) is 9.67. The predicted molar refractivity (Wildman–Crippen MR) is 144 cm³/mol. The molecule has 3 N–H and O–H groups in total. The van der Waals surface area contributed by atoms with Gasteiger partial charge in [-0.3, -0.25) is 5.32 Å². The molecule has 12 heteroatoms. The van der Waals surface area contributed by atoms with Crippen LogP contribution in [-0.4, -0.2) is 59.5 Å². The maximum atomic E-state index is 14.0. The van der Waals surface area contributed by atoms with Gasteiger partial charge in [0.25, 0.3) is 0 Å². The van der Waals surface area contributed by atoms with Crippen LogP contribution >= 0.6 is 22.7 Å².